The summed E-state index contributed by atoms with van der Waals surface area (Å²) < 4.78 is 6.18. The van der Waals surface area contributed by atoms with E-state index in [4.69, 9.17) is 15.5 Å². The van der Waals surface area contributed by atoms with E-state index in [0.717, 1.165) is 57.8 Å². The van der Waals surface area contributed by atoms with E-state index in [0.29, 0.717) is 19.1 Å². The highest BCUT2D eigenvalue weighted by Gasteiger charge is 2.22. The van der Waals surface area contributed by atoms with Crippen molar-refractivity contribution in [3.05, 3.63) is 35.4 Å². The Morgan fingerprint density at radius 1 is 1.27 bits per heavy atom. The molecule has 0 saturated carbocycles. The third-order valence-corrected chi connectivity index (χ3v) is 5.70. The number of nitrogens with one attached hydrogen (secondary N) is 2. The number of fused-ring (bicyclic) bond motifs is 1. The molecule has 168 valence electrons. The Morgan fingerprint density at radius 2 is 2.03 bits per heavy atom. The van der Waals surface area contributed by atoms with Gasteiger partial charge in [0, 0.05) is 38.8 Å². The lowest BCUT2D eigenvalue weighted by Gasteiger charge is -2.32. The fraction of sp³-hybridized carbons (Fsp3) is 0.636. The smallest absolute Gasteiger partial charge is 0.314 e. The molecule has 1 atom stereocenters. The van der Waals surface area contributed by atoms with Crippen LogP contribution in [0, 0.1) is 0 Å². The quantitative estimate of drug-likeness (QED) is 0.219. The maximum absolute atomic E-state index is 11.3. The van der Waals surface area contributed by atoms with Crippen molar-refractivity contribution in [3.8, 4) is 0 Å². The zero-order valence-electron chi connectivity index (χ0n) is 17.9. The second-order valence-corrected chi connectivity index (χ2v) is 7.81. The predicted octanol–water partition coefficient (Wildman–Crippen LogP) is 3.19. The van der Waals surface area contributed by atoms with Crippen LogP contribution < -0.4 is 16.4 Å². The van der Waals surface area contributed by atoms with Gasteiger partial charge in [-0.05, 0) is 56.6 Å². The van der Waals surface area contributed by atoms with Crippen LogP contribution in [0.5, 0.6) is 0 Å². The van der Waals surface area contributed by atoms with E-state index in [-0.39, 0.29) is 36.1 Å². The number of likely N-dealkylation sites (tertiary alicyclic amines) is 1. The monoisotopic (exact) mass is 529 g/mol. The summed E-state index contributed by atoms with van der Waals surface area (Å²) in [6, 6.07) is 8.63. The largest absolute Gasteiger partial charge is 0.373 e. The summed E-state index contributed by atoms with van der Waals surface area (Å²) in [5, 5.41) is 6.80. The van der Waals surface area contributed by atoms with Crippen molar-refractivity contribution in [2.24, 2.45) is 10.7 Å². The van der Waals surface area contributed by atoms with Gasteiger partial charge in [0.05, 0.1) is 6.10 Å². The molecule has 1 unspecified atom stereocenters. The first-order valence-electron chi connectivity index (χ1n) is 11.0. The lowest BCUT2D eigenvalue weighted by atomic mass is 9.89. The van der Waals surface area contributed by atoms with Crippen LogP contribution in [0.2, 0.25) is 0 Å². The molecule has 0 bridgehead atoms. The van der Waals surface area contributed by atoms with Crippen LogP contribution in [-0.2, 0) is 11.2 Å². The first-order valence-corrected chi connectivity index (χ1v) is 11.0. The first-order chi connectivity index (χ1) is 14.2. The van der Waals surface area contributed by atoms with Gasteiger partial charge in [-0.15, -0.1) is 24.0 Å². The van der Waals surface area contributed by atoms with Crippen LogP contribution in [0.15, 0.2) is 29.3 Å². The molecule has 1 heterocycles. The number of amides is 2. The number of hydrogen-bond acceptors (Lipinski definition) is 3. The highest BCUT2D eigenvalue weighted by atomic mass is 127. The van der Waals surface area contributed by atoms with Crippen LogP contribution in [0.3, 0.4) is 0 Å². The van der Waals surface area contributed by atoms with Crippen molar-refractivity contribution in [1.29, 1.82) is 0 Å². The molecule has 1 aromatic rings. The van der Waals surface area contributed by atoms with Gasteiger partial charge < -0.3 is 26.0 Å². The number of aliphatic imine (C=N–C) groups is 1. The van der Waals surface area contributed by atoms with Gasteiger partial charge in [0.15, 0.2) is 5.96 Å². The van der Waals surface area contributed by atoms with E-state index in [1.807, 2.05) is 0 Å². The topological polar surface area (TPSA) is 92.0 Å². The van der Waals surface area contributed by atoms with Gasteiger partial charge in [0.2, 0.25) is 0 Å². The van der Waals surface area contributed by atoms with Gasteiger partial charge in [0.25, 0.3) is 0 Å². The third kappa shape index (κ3) is 7.30. The predicted molar refractivity (Wildman–Crippen MR) is 131 cm³/mol. The van der Waals surface area contributed by atoms with Gasteiger partial charge in [0.1, 0.15) is 0 Å². The molecule has 4 N–H and O–H groups in total. The maximum Gasteiger partial charge on any atom is 0.314 e. The number of piperidine rings is 1. The SMILES string of the molecule is CCNC(=NCCCOC1CCCc2ccccc21)NC1CCN(C(N)=O)CC1.I. The summed E-state index contributed by atoms with van der Waals surface area (Å²) >= 11 is 0. The van der Waals surface area contributed by atoms with Gasteiger partial charge in [-0.2, -0.15) is 0 Å². The number of primary amides is 1. The number of guanidine groups is 1. The Kier molecular flexibility index (Phi) is 10.7. The van der Waals surface area contributed by atoms with Gasteiger partial charge in [-0.3, -0.25) is 4.99 Å². The van der Waals surface area contributed by atoms with E-state index in [9.17, 15) is 4.79 Å². The fourth-order valence-electron chi connectivity index (χ4n) is 4.12. The fourth-order valence-corrected chi connectivity index (χ4v) is 4.12. The Morgan fingerprint density at radius 3 is 2.77 bits per heavy atom. The number of nitrogens with zero attached hydrogens (tertiary/aromatic N) is 2. The van der Waals surface area contributed by atoms with E-state index in [1.165, 1.54) is 17.5 Å². The summed E-state index contributed by atoms with van der Waals surface area (Å²) in [7, 11) is 0. The molecule has 3 rings (SSSR count). The molecule has 1 fully saturated rings. The van der Waals surface area contributed by atoms with Gasteiger partial charge in [-0.1, -0.05) is 24.3 Å². The molecule has 0 spiro atoms. The molecule has 7 nitrogen and oxygen atoms in total. The molecule has 2 aliphatic rings. The van der Waals surface area contributed by atoms with Crippen LogP contribution >= 0.6 is 24.0 Å². The summed E-state index contributed by atoms with van der Waals surface area (Å²) in [4.78, 5) is 17.6. The number of ether oxygens (including phenoxy) is 1. The number of urea groups is 1. The second-order valence-electron chi connectivity index (χ2n) is 7.81. The lowest BCUT2D eigenvalue weighted by molar-refractivity contribution is 0.0403. The van der Waals surface area contributed by atoms with Gasteiger partial charge in [-0.25, -0.2) is 4.79 Å². The van der Waals surface area contributed by atoms with Crippen molar-refractivity contribution in [2.45, 2.75) is 57.6 Å². The number of nitrogens with two attached hydrogens (primary N) is 1. The molecular formula is C22H36IN5O2. The molecular weight excluding hydrogens is 493 g/mol. The Hall–Kier alpha value is -1.55. The van der Waals surface area contributed by atoms with Crippen LogP contribution in [0.1, 0.15) is 56.3 Å². The normalized spacial score (nSPS) is 19.6. The van der Waals surface area contributed by atoms with Crippen molar-refractivity contribution in [3.63, 3.8) is 0 Å². The van der Waals surface area contributed by atoms with E-state index < -0.39 is 0 Å². The molecule has 1 saturated heterocycles. The number of benzene rings is 1. The standard InChI is InChI=1S/C22H35N5O2.HI/c1-2-24-22(26-18-11-14-27(15-12-18)21(23)28)25-13-6-16-29-20-10-5-8-17-7-3-4-9-19(17)20;/h3-4,7,9,18,20H,2,5-6,8,10-16H2,1H3,(H2,23,28)(H2,24,25,26);1H. The zero-order valence-corrected chi connectivity index (χ0v) is 20.3. The zero-order chi connectivity index (χ0) is 20.5. The molecule has 0 radical (unpaired) electrons. The first kappa shape index (κ1) is 24.7. The van der Waals surface area contributed by atoms with Crippen LogP contribution in [0.25, 0.3) is 0 Å². The highest BCUT2D eigenvalue weighted by molar-refractivity contribution is 14.0. The molecule has 8 heteroatoms. The van der Waals surface area contributed by atoms with Crippen LogP contribution in [-0.4, -0.2) is 55.7 Å². The second kappa shape index (κ2) is 13.0. The molecule has 1 aliphatic carbocycles. The molecule has 1 aromatic carbocycles. The van der Waals surface area contributed by atoms with Crippen LogP contribution in [0.4, 0.5) is 4.79 Å². The number of halogens is 1. The number of rotatable bonds is 7. The molecule has 2 amide bonds. The summed E-state index contributed by atoms with van der Waals surface area (Å²) in [6.45, 7) is 5.73. The molecule has 0 aromatic heterocycles. The van der Waals surface area contributed by atoms with Crippen molar-refractivity contribution < 1.29 is 9.53 Å². The summed E-state index contributed by atoms with van der Waals surface area (Å²) in [6.07, 6.45) is 6.36. The Labute approximate surface area is 197 Å². The molecule has 1 aliphatic heterocycles. The Balaban J connectivity index is 0.00000320. The lowest BCUT2D eigenvalue weighted by Crippen LogP contribution is -2.50. The van der Waals surface area contributed by atoms with Crippen molar-refractivity contribution >= 4 is 36.0 Å². The van der Waals surface area contributed by atoms with E-state index in [1.54, 1.807) is 4.90 Å². The Bertz CT molecular complexity index is 692. The number of carbonyl (C=O) groups excluding carboxylic acids is 1. The van der Waals surface area contributed by atoms with Crippen molar-refractivity contribution in [1.82, 2.24) is 15.5 Å². The number of aryl methyl sites for hydroxylation is 1. The van der Waals surface area contributed by atoms with Crippen molar-refractivity contribution in [2.75, 3.05) is 32.8 Å². The molecule has 30 heavy (non-hydrogen) atoms. The average Bonchev–Trinajstić information content (AvgIpc) is 2.74. The highest BCUT2D eigenvalue weighted by Crippen LogP contribution is 2.32. The number of hydrogen-bond donors (Lipinski definition) is 3. The minimum atomic E-state index is -0.329. The van der Waals surface area contributed by atoms with Gasteiger partial charge >= 0.3 is 6.03 Å². The summed E-state index contributed by atoms with van der Waals surface area (Å²) in [5.74, 6) is 0.841. The summed E-state index contributed by atoms with van der Waals surface area (Å²) in [5.41, 5.74) is 8.15. The van der Waals surface area contributed by atoms with E-state index in [2.05, 4.69) is 41.8 Å². The average molecular weight is 529 g/mol. The number of carbonyl (C=O) groups is 1. The minimum Gasteiger partial charge on any atom is -0.373 e. The maximum atomic E-state index is 11.3. The minimum absolute atomic E-state index is 0. The van der Waals surface area contributed by atoms with E-state index >= 15 is 0 Å². The third-order valence-electron chi connectivity index (χ3n) is 5.70.